The Labute approximate surface area is 95.3 Å². The van der Waals surface area contributed by atoms with E-state index < -0.39 is 0 Å². The van der Waals surface area contributed by atoms with E-state index in [4.69, 9.17) is 0 Å². The second kappa shape index (κ2) is 5.30. The fourth-order valence-electron chi connectivity index (χ4n) is 1.28. The lowest BCUT2D eigenvalue weighted by Crippen LogP contribution is -2.24. The summed E-state index contributed by atoms with van der Waals surface area (Å²) in [6, 6.07) is 7.23. The number of rotatable bonds is 3. The number of para-hydroxylation sites is 2. The predicted octanol–water partition coefficient (Wildman–Crippen LogP) is 2.02. The lowest BCUT2D eigenvalue weighted by Gasteiger charge is -2.19. The molecular weight excluding hydrogens is 204 g/mol. The maximum Gasteiger partial charge on any atom is 0.224 e. The van der Waals surface area contributed by atoms with Crippen LogP contribution in [0.2, 0.25) is 0 Å². The van der Waals surface area contributed by atoms with Crippen LogP contribution in [0.5, 0.6) is 0 Å². The van der Waals surface area contributed by atoms with Gasteiger partial charge in [-0.05, 0) is 12.1 Å². The number of anilines is 2. The van der Waals surface area contributed by atoms with Gasteiger partial charge in [-0.15, -0.1) is 0 Å². The molecule has 0 atom stereocenters. The number of amides is 2. The molecule has 1 N–H and O–H groups in total. The average molecular weight is 220 g/mol. The van der Waals surface area contributed by atoms with Crippen molar-refractivity contribution in [3.8, 4) is 0 Å². The number of benzene rings is 1. The first-order valence-electron chi connectivity index (χ1n) is 5.19. The van der Waals surface area contributed by atoms with Gasteiger partial charge in [-0.1, -0.05) is 19.1 Å². The van der Waals surface area contributed by atoms with Crippen LogP contribution >= 0.6 is 0 Å². The molecule has 0 saturated heterocycles. The Kier molecular flexibility index (Phi) is 4.05. The minimum atomic E-state index is -0.0711. The van der Waals surface area contributed by atoms with Crippen LogP contribution in [0.3, 0.4) is 0 Å². The first kappa shape index (κ1) is 12.2. The fourth-order valence-corrected chi connectivity index (χ4v) is 1.28. The molecule has 0 saturated carbocycles. The van der Waals surface area contributed by atoms with Gasteiger partial charge in [0.2, 0.25) is 11.8 Å². The van der Waals surface area contributed by atoms with Crippen LogP contribution in [0.25, 0.3) is 0 Å². The Hall–Kier alpha value is -1.84. The third-order valence-corrected chi connectivity index (χ3v) is 2.33. The van der Waals surface area contributed by atoms with E-state index in [1.807, 2.05) is 12.1 Å². The normalized spacial score (nSPS) is 9.69. The topological polar surface area (TPSA) is 49.4 Å². The fraction of sp³-hybridized carbons (Fsp3) is 0.333. The molecule has 0 spiro atoms. The molecule has 86 valence electrons. The van der Waals surface area contributed by atoms with Crippen molar-refractivity contribution >= 4 is 23.2 Å². The summed E-state index contributed by atoms with van der Waals surface area (Å²) in [7, 11) is 1.68. The summed E-state index contributed by atoms with van der Waals surface area (Å²) < 4.78 is 0. The number of nitrogens with one attached hydrogen (secondary N) is 1. The van der Waals surface area contributed by atoms with Gasteiger partial charge in [0.1, 0.15) is 0 Å². The van der Waals surface area contributed by atoms with E-state index in [1.165, 1.54) is 11.8 Å². The predicted molar refractivity (Wildman–Crippen MR) is 64.4 cm³/mol. The van der Waals surface area contributed by atoms with Crippen LogP contribution in [-0.4, -0.2) is 18.9 Å². The summed E-state index contributed by atoms with van der Waals surface area (Å²) in [5.74, 6) is -0.136. The Morgan fingerprint density at radius 3 is 2.50 bits per heavy atom. The van der Waals surface area contributed by atoms with E-state index in [0.717, 1.165) is 0 Å². The van der Waals surface area contributed by atoms with Crippen LogP contribution in [0.1, 0.15) is 20.3 Å². The van der Waals surface area contributed by atoms with Crippen molar-refractivity contribution in [2.24, 2.45) is 0 Å². The molecule has 0 aliphatic carbocycles. The van der Waals surface area contributed by atoms with Gasteiger partial charge in [-0.25, -0.2) is 0 Å². The molecule has 0 bridgehead atoms. The van der Waals surface area contributed by atoms with Crippen molar-refractivity contribution in [2.45, 2.75) is 20.3 Å². The molecule has 1 rings (SSSR count). The number of carbonyl (C=O) groups is 2. The maximum absolute atomic E-state index is 11.3. The Bertz CT molecular complexity index is 402. The first-order chi connectivity index (χ1) is 7.56. The summed E-state index contributed by atoms with van der Waals surface area (Å²) in [6.45, 7) is 3.27. The second-order valence-corrected chi connectivity index (χ2v) is 3.50. The molecule has 2 amide bonds. The molecule has 16 heavy (non-hydrogen) atoms. The largest absolute Gasteiger partial charge is 0.324 e. The van der Waals surface area contributed by atoms with E-state index in [-0.39, 0.29) is 11.8 Å². The molecule has 4 heteroatoms. The third-order valence-electron chi connectivity index (χ3n) is 2.33. The van der Waals surface area contributed by atoms with Gasteiger partial charge in [0.25, 0.3) is 0 Å². The smallest absolute Gasteiger partial charge is 0.224 e. The van der Waals surface area contributed by atoms with Crippen molar-refractivity contribution in [2.75, 3.05) is 17.3 Å². The summed E-state index contributed by atoms with van der Waals surface area (Å²) in [4.78, 5) is 24.1. The van der Waals surface area contributed by atoms with E-state index in [9.17, 15) is 9.59 Å². The van der Waals surface area contributed by atoms with Crippen molar-refractivity contribution in [1.29, 1.82) is 0 Å². The van der Waals surface area contributed by atoms with Gasteiger partial charge in [-0.3, -0.25) is 9.59 Å². The molecule has 1 aromatic carbocycles. The zero-order valence-corrected chi connectivity index (χ0v) is 9.78. The summed E-state index contributed by atoms with van der Waals surface area (Å²) in [6.07, 6.45) is 0.415. The second-order valence-electron chi connectivity index (χ2n) is 3.50. The maximum atomic E-state index is 11.3. The Morgan fingerprint density at radius 2 is 1.94 bits per heavy atom. The third kappa shape index (κ3) is 2.82. The highest BCUT2D eigenvalue weighted by Gasteiger charge is 2.11. The number of carbonyl (C=O) groups excluding carboxylic acids is 2. The van der Waals surface area contributed by atoms with Gasteiger partial charge in [-0.2, -0.15) is 0 Å². The van der Waals surface area contributed by atoms with Crippen molar-refractivity contribution in [3.63, 3.8) is 0 Å². The van der Waals surface area contributed by atoms with Gasteiger partial charge in [0.05, 0.1) is 11.4 Å². The minimum Gasteiger partial charge on any atom is -0.324 e. The van der Waals surface area contributed by atoms with E-state index >= 15 is 0 Å². The summed E-state index contributed by atoms with van der Waals surface area (Å²) in [5.41, 5.74) is 1.36. The zero-order valence-electron chi connectivity index (χ0n) is 9.78. The van der Waals surface area contributed by atoms with Crippen LogP contribution in [0.4, 0.5) is 11.4 Å². The Morgan fingerprint density at radius 1 is 1.31 bits per heavy atom. The van der Waals surface area contributed by atoms with Crippen molar-refractivity contribution in [1.82, 2.24) is 0 Å². The zero-order chi connectivity index (χ0) is 12.1. The SMILES string of the molecule is CCC(=O)Nc1ccccc1N(C)C(C)=O. The minimum absolute atomic E-state index is 0.0654. The Balaban J connectivity index is 3.00. The number of hydrogen-bond donors (Lipinski definition) is 1. The monoisotopic (exact) mass is 220 g/mol. The van der Waals surface area contributed by atoms with E-state index in [2.05, 4.69) is 5.32 Å². The van der Waals surface area contributed by atoms with Gasteiger partial charge in [0.15, 0.2) is 0 Å². The lowest BCUT2D eigenvalue weighted by atomic mass is 10.2. The highest BCUT2D eigenvalue weighted by atomic mass is 16.2. The molecule has 0 unspecified atom stereocenters. The van der Waals surface area contributed by atoms with Crippen molar-refractivity contribution in [3.05, 3.63) is 24.3 Å². The van der Waals surface area contributed by atoms with Crippen LogP contribution in [0, 0.1) is 0 Å². The molecule has 0 aromatic heterocycles. The quantitative estimate of drug-likeness (QED) is 0.847. The van der Waals surface area contributed by atoms with Gasteiger partial charge in [0, 0.05) is 20.4 Å². The molecule has 0 aliphatic heterocycles. The summed E-state index contributed by atoms with van der Waals surface area (Å²) >= 11 is 0. The van der Waals surface area contributed by atoms with Crippen molar-refractivity contribution < 1.29 is 9.59 Å². The molecule has 4 nitrogen and oxygen atoms in total. The van der Waals surface area contributed by atoms with Crippen LogP contribution in [-0.2, 0) is 9.59 Å². The standard InChI is InChI=1S/C12H16N2O2/c1-4-12(16)13-10-7-5-6-8-11(10)14(3)9(2)15/h5-8H,4H2,1-3H3,(H,13,16). The molecule has 0 heterocycles. The number of nitrogens with zero attached hydrogens (tertiary/aromatic N) is 1. The van der Waals surface area contributed by atoms with Crippen LogP contribution in [0.15, 0.2) is 24.3 Å². The van der Waals surface area contributed by atoms with Gasteiger partial charge >= 0.3 is 0 Å². The van der Waals surface area contributed by atoms with E-state index in [0.29, 0.717) is 17.8 Å². The lowest BCUT2D eigenvalue weighted by molar-refractivity contribution is -0.117. The van der Waals surface area contributed by atoms with Gasteiger partial charge < -0.3 is 10.2 Å². The highest BCUT2D eigenvalue weighted by Crippen LogP contribution is 2.24. The first-order valence-corrected chi connectivity index (χ1v) is 5.19. The molecule has 0 fully saturated rings. The summed E-state index contributed by atoms with van der Waals surface area (Å²) in [5, 5.41) is 2.76. The molecule has 0 aliphatic rings. The van der Waals surface area contributed by atoms with Crippen LogP contribution < -0.4 is 10.2 Å². The van der Waals surface area contributed by atoms with E-state index in [1.54, 1.807) is 26.1 Å². The molecule has 0 radical (unpaired) electrons. The average Bonchev–Trinajstić information content (AvgIpc) is 2.28. The highest BCUT2D eigenvalue weighted by molar-refractivity contribution is 5.99. The number of hydrogen-bond acceptors (Lipinski definition) is 2. The molecule has 1 aromatic rings. The molecular formula is C12H16N2O2.